The predicted molar refractivity (Wildman–Crippen MR) is 123 cm³/mol. The molecule has 1 aliphatic heterocycles. The first-order valence-corrected chi connectivity index (χ1v) is 12.8. The van der Waals surface area contributed by atoms with Crippen LogP contribution in [0.25, 0.3) is 0 Å². The van der Waals surface area contributed by atoms with E-state index in [9.17, 15) is 26.0 Å². The fourth-order valence-electron chi connectivity index (χ4n) is 3.59. The van der Waals surface area contributed by atoms with Crippen molar-refractivity contribution < 1.29 is 26.0 Å². The number of amides is 1. The summed E-state index contributed by atoms with van der Waals surface area (Å²) in [5.74, 6) is -0.736. The number of carbonyl (C=O) groups excluding carboxylic acids is 1. The largest absolute Gasteiger partial charge is 0.314 e. The Hall–Kier alpha value is -3.44. The number of para-hydroxylation sites is 1. The summed E-state index contributed by atoms with van der Waals surface area (Å²) in [4.78, 5) is 12.4. The maximum Gasteiger partial charge on any atom is 0.262 e. The van der Waals surface area contributed by atoms with Gasteiger partial charge in [-0.05, 0) is 66.9 Å². The van der Waals surface area contributed by atoms with Crippen LogP contribution in [0.15, 0.2) is 70.5 Å². The SMILES string of the molecule is Cc1ccc(NS(=O)(=O)c2ccc3c(c2)CCN3C=O)cc1S(=O)(=O)Nc1ccccc1F. The summed E-state index contributed by atoms with van der Waals surface area (Å²) in [5.41, 5.74) is 1.56. The van der Waals surface area contributed by atoms with Crippen LogP contribution in [-0.2, 0) is 31.3 Å². The van der Waals surface area contributed by atoms with Gasteiger partial charge in [0.25, 0.3) is 20.0 Å². The van der Waals surface area contributed by atoms with Crippen molar-refractivity contribution in [2.75, 3.05) is 20.9 Å². The van der Waals surface area contributed by atoms with Crippen molar-refractivity contribution in [3.05, 3.63) is 77.6 Å². The fourth-order valence-corrected chi connectivity index (χ4v) is 6.03. The molecule has 0 spiro atoms. The van der Waals surface area contributed by atoms with Crippen LogP contribution in [0.2, 0.25) is 0 Å². The number of rotatable bonds is 7. The molecule has 0 saturated carbocycles. The molecule has 0 unspecified atom stereocenters. The molecular weight excluding hydrogens is 469 g/mol. The lowest BCUT2D eigenvalue weighted by Crippen LogP contribution is -2.18. The molecule has 2 N–H and O–H groups in total. The van der Waals surface area contributed by atoms with Crippen LogP contribution in [0, 0.1) is 12.7 Å². The third-order valence-electron chi connectivity index (χ3n) is 5.27. The summed E-state index contributed by atoms with van der Waals surface area (Å²) in [6.07, 6.45) is 1.23. The molecule has 3 aromatic rings. The Bertz CT molecular complexity index is 1460. The van der Waals surface area contributed by atoms with Crippen LogP contribution in [0.5, 0.6) is 0 Å². The fraction of sp³-hybridized carbons (Fsp3) is 0.136. The van der Waals surface area contributed by atoms with E-state index in [1.54, 1.807) is 13.0 Å². The number of hydrogen-bond acceptors (Lipinski definition) is 5. The van der Waals surface area contributed by atoms with Gasteiger partial charge < -0.3 is 4.90 Å². The molecule has 0 bridgehead atoms. The molecule has 0 atom stereocenters. The molecule has 0 radical (unpaired) electrons. The Morgan fingerprint density at radius 3 is 2.42 bits per heavy atom. The summed E-state index contributed by atoms with van der Waals surface area (Å²) in [6.45, 7) is 2.03. The first-order valence-electron chi connectivity index (χ1n) is 9.86. The highest BCUT2D eigenvalue weighted by atomic mass is 32.2. The minimum Gasteiger partial charge on any atom is -0.314 e. The molecule has 1 heterocycles. The number of aryl methyl sites for hydroxylation is 1. The van der Waals surface area contributed by atoms with Gasteiger partial charge >= 0.3 is 0 Å². The topological polar surface area (TPSA) is 113 Å². The van der Waals surface area contributed by atoms with Gasteiger partial charge in [0.1, 0.15) is 5.82 Å². The second-order valence-corrected chi connectivity index (χ2v) is 10.8. The summed E-state index contributed by atoms with van der Waals surface area (Å²) in [5, 5.41) is 0. The van der Waals surface area contributed by atoms with E-state index in [1.165, 1.54) is 53.4 Å². The zero-order valence-corrected chi connectivity index (χ0v) is 19.1. The van der Waals surface area contributed by atoms with Crippen molar-refractivity contribution >= 4 is 43.5 Å². The summed E-state index contributed by atoms with van der Waals surface area (Å²) in [7, 11) is -8.22. The number of fused-ring (bicyclic) bond motifs is 1. The van der Waals surface area contributed by atoms with Gasteiger partial charge in [0.2, 0.25) is 6.41 Å². The lowest BCUT2D eigenvalue weighted by Gasteiger charge is -2.14. The highest BCUT2D eigenvalue weighted by Crippen LogP contribution is 2.30. The zero-order chi connectivity index (χ0) is 23.8. The van der Waals surface area contributed by atoms with Crippen LogP contribution in [0.1, 0.15) is 11.1 Å². The average Bonchev–Trinajstić information content (AvgIpc) is 3.19. The van der Waals surface area contributed by atoms with Crippen molar-refractivity contribution in [1.29, 1.82) is 0 Å². The van der Waals surface area contributed by atoms with Crippen molar-refractivity contribution in [2.45, 2.75) is 23.1 Å². The van der Waals surface area contributed by atoms with E-state index in [0.29, 0.717) is 30.6 Å². The number of sulfonamides is 2. The second-order valence-electron chi connectivity index (χ2n) is 7.51. The first-order chi connectivity index (χ1) is 15.6. The van der Waals surface area contributed by atoms with Crippen LogP contribution in [-0.4, -0.2) is 29.8 Å². The smallest absolute Gasteiger partial charge is 0.262 e. The number of benzene rings is 3. The van der Waals surface area contributed by atoms with E-state index < -0.39 is 25.9 Å². The van der Waals surface area contributed by atoms with Crippen molar-refractivity contribution in [1.82, 2.24) is 0 Å². The molecule has 0 saturated heterocycles. The van der Waals surface area contributed by atoms with E-state index >= 15 is 0 Å². The third kappa shape index (κ3) is 4.55. The Kier molecular flexibility index (Phi) is 5.85. The molecule has 4 rings (SSSR count). The standard InChI is InChI=1S/C22H20FN3O5S2/c1-15-6-7-17(13-22(15)33(30,31)25-20-5-3-2-4-19(20)23)24-32(28,29)18-8-9-21-16(12-18)10-11-26(21)14-27/h2-9,12-14,24-25H,10-11H2,1H3. The number of anilines is 3. The van der Waals surface area contributed by atoms with Gasteiger partial charge in [-0.25, -0.2) is 21.2 Å². The van der Waals surface area contributed by atoms with E-state index in [1.807, 2.05) is 0 Å². The van der Waals surface area contributed by atoms with Crippen LogP contribution in [0.3, 0.4) is 0 Å². The van der Waals surface area contributed by atoms with Crippen LogP contribution in [0.4, 0.5) is 21.5 Å². The lowest BCUT2D eigenvalue weighted by molar-refractivity contribution is -0.107. The highest BCUT2D eigenvalue weighted by Gasteiger charge is 2.24. The average molecular weight is 490 g/mol. The predicted octanol–water partition coefficient (Wildman–Crippen LogP) is 3.25. The van der Waals surface area contributed by atoms with Gasteiger partial charge in [-0.15, -0.1) is 0 Å². The molecule has 8 nitrogen and oxygen atoms in total. The Labute approximate surface area is 191 Å². The van der Waals surface area contributed by atoms with Crippen molar-refractivity contribution in [3.63, 3.8) is 0 Å². The maximum absolute atomic E-state index is 13.9. The molecule has 0 aromatic heterocycles. The molecule has 33 heavy (non-hydrogen) atoms. The van der Waals surface area contributed by atoms with Gasteiger partial charge in [-0.3, -0.25) is 14.2 Å². The number of nitrogens with zero attached hydrogens (tertiary/aromatic N) is 1. The molecule has 1 amide bonds. The van der Waals surface area contributed by atoms with Crippen LogP contribution >= 0.6 is 0 Å². The highest BCUT2D eigenvalue weighted by molar-refractivity contribution is 7.93. The quantitative estimate of drug-likeness (QED) is 0.495. The molecule has 172 valence electrons. The Balaban J connectivity index is 1.63. The summed E-state index contributed by atoms with van der Waals surface area (Å²) < 4.78 is 70.1. The number of halogens is 1. The zero-order valence-electron chi connectivity index (χ0n) is 17.4. The van der Waals surface area contributed by atoms with E-state index in [2.05, 4.69) is 9.44 Å². The molecule has 11 heteroatoms. The molecule has 0 fully saturated rings. The van der Waals surface area contributed by atoms with Crippen LogP contribution < -0.4 is 14.3 Å². The van der Waals surface area contributed by atoms with Gasteiger partial charge in [-0.2, -0.15) is 0 Å². The minimum absolute atomic E-state index is 0.0107. The molecule has 0 aliphatic carbocycles. The normalized spacial score (nSPS) is 13.5. The number of hydrogen-bond donors (Lipinski definition) is 2. The van der Waals surface area contributed by atoms with Crippen molar-refractivity contribution in [2.24, 2.45) is 0 Å². The first kappa shape index (κ1) is 22.7. The summed E-state index contributed by atoms with van der Waals surface area (Å²) in [6, 6.07) is 13.9. The second kappa shape index (κ2) is 8.49. The molecule has 3 aromatic carbocycles. The summed E-state index contributed by atoms with van der Waals surface area (Å²) >= 11 is 0. The van der Waals surface area contributed by atoms with Gasteiger partial charge in [0.15, 0.2) is 0 Å². The molecule has 1 aliphatic rings. The van der Waals surface area contributed by atoms with E-state index in [4.69, 9.17) is 0 Å². The van der Waals surface area contributed by atoms with E-state index in [0.717, 1.165) is 11.6 Å². The van der Waals surface area contributed by atoms with Gasteiger partial charge in [-0.1, -0.05) is 18.2 Å². The minimum atomic E-state index is -4.19. The van der Waals surface area contributed by atoms with Gasteiger partial charge in [0, 0.05) is 12.2 Å². The number of carbonyl (C=O) groups is 1. The monoisotopic (exact) mass is 489 g/mol. The van der Waals surface area contributed by atoms with Crippen molar-refractivity contribution in [3.8, 4) is 0 Å². The van der Waals surface area contributed by atoms with E-state index in [-0.39, 0.29) is 21.2 Å². The Morgan fingerprint density at radius 1 is 0.939 bits per heavy atom. The molecular formula is C22H20FN3O5S2. The number of nitrogens with one attached hydrogen (secondary N) is 2. The Morgan fingerprint density at radius 2 is 1.70 bits per heavy atom. The van der Waals surface area contributed by atoms with Gasteiger partial charge in [0.05, 0.1) is 21.2 Å². The third-order valence-corrected chi connectivity index (χ3v) is 8.15. The maximum atomic E-state index is 13.9. The lowest BCUT2D eigenvalue weighted by atomic mass is 10.2.